The summed E-state index contributed by atoms with van der Waals surface area (Å²) in [5.41, 5.74) is 2.35. The first-order valence-corrected chi connectivity index (χ1v) is 6.10. The van der Waals surface area contributed by atoms with Crippen LogP contribution in [0.4, 0.5) is 11.7 Å². The lowest BCUT2D eigenvalue weighted by Gasteiger charge is -2.06. The number of hydrogen-bond donors (Lipinski definition) is 1. The van der Waals surface area contributed by atoms with E-state index in [1.165, 1.54) is 0 Å². The Hall–Kier alpha value is -2.20. The Labute approximate surface area is 115 Å². The van der Waals surface area contributed by atoms with Gasteiger partial charge in [-0.15, -0.1) is 0 Å². The second-order valence-electron chi connectivity index (χ2n) is 3.96. The number of nitrogens with one attached hydrogen (secondary N) is 1. The Morgan fingerprint density at radius 3 is 2.84 bits per heavy atom. The number of methoxy groups -OCH3 is 1. The lowest BCUT2D eigenvalue weighted by atomic mass is 10.3. The van der Waals surface area contributed by atoms with Gasteiger partial charge in [-0.05, 0) is 24.3 Å². The minimum absolute atomic E-state index is 0.436. The van der Waals surface area contributed by atoms with Gasteiger partial charge >= 0.3 is 0 Å². The molecule has 0 aliphatic carbocycles. The molecular weight excluding hydrogens is 264 g/mol. The van der Waals surface area contributed by atoms with Gasteiger partial charge in [0.1, 0.15) is 11.3 Å². The Morgan fingerprint density at radius 2 is 2.05 bits per heavy atom. The summed E-state index contributed by atoms with van der Waals surface area (Å²) in [4.78, 5) is 4.33. The van der Waals surface area contributed by atoms with Crippen molar-refractivity contribution in [2.24, 2.45) is 0 Å². The van der Waals surface area contributed by atoms with Crippen molar-refractivity contribution in [2.45, 2.75) is 0 Å². The molecule has 0 bridgehead atoms. The van der Waals surface area contributed by atoms with Crippen molar-refractivity contribution in [3.63, 3.8) is 0 Å². The molecule has 19 heavy (non-hydrogen) atoms. The van der Waals surface area contributed by atoms with Gasteiger partial charge in [-0.3, -0.25) is 0 Å². The summed E-state index contributed by atoms with van der Waals surface area (Å²) in [7, 11) is 1.57. The molecule has 1 aromatic heterocycles. The lowest BCUT2D eigenvalue weighted by molar-refractivity contribution is 0.415. The van der Waals surface area contributed by atoms with E-state index in [0.29, 0.717) is 16.8 Å². The molecule has 1 N–H and O–H groups in total. The minimum atomic E-state index is 0.436. The molecule has 3 aromatic rings. The van der Waals surface area contributed by atoms with Gasteiger partial charge in [0.25, 0.3) is 6.01 Å². The van der Waals surface area contributed by atoms with Gasteiger partial charge in [-0.2, -0.15) is 4.98 Å². The van der Waals surface area contributed by atoms with Crippen LogP contribution in [-0.4, -0.2) is 12.1 Å². The molecule has 5 heteroatoms. The largest absolute Gasteiger partial charge is 0.495 e. The van der Waals surface area contributed by atoms with Crippen molar-refractivity contribution < 1.29 is 9.15 Å². The van der Waals surface area contributed by atoms with Crippen LogP contribution in [0.1, 0.15) is 0 Å². The predicted molar refractivity (Wildman–Crippen MR) is 75.3 cm³/mol. The average molecular weight is 275 g/mol. The third kappa shape index (κ3) is 2.35. The number of fused-ring (bicyclic) bond motifs is 1. The Balaban J connectivity index is 1.92. The second-order valence-corrected chi connectivity index (χ2v) is 4.37. The van der Waals surface area contributed by atoms with Crippen LogP contribution in [0.15, 0.2) is 46.9 Å². The van der Waals surface area contributed by atoms with Crippen LogP contribution < -0.4 is 10.1 Å². The molecule has 0 amide bonds. The summed E-state index contributed by atoms with van der Waals surface area (Å²) in [5.74, 6) is 0.600. The molecule has 96 valence electrons. The summed E-state index contributed by atoms with van der Waals surface area (Å²) in [6, 6.07) is 13.4. The van der Waals surface area contributed by atoms with Crippen LogP contribution in [0.25, 0.3) is 11.1 Å². The average Bonchev–Trinajstić information content (AvgIpc) is 2.83. The lowest BCUT2D eigenvalue weighted by Crippen LogP contribution is -1.91. The molecule has 0 spiro atoms. The molecule has 0 aliphatic rings. The first kappa shape index (κ1) is 11.9. The summed E-state index contributed by atoms with van der Waals surface area (Å²) in [6.45, 7) is 0. The number of hydrogen-bond acceptors (Lipinski definition) is 4. The van der Waals surface area contributed by atoms with Gasteiger partial charge in [0.2, 0.25) is 0 Å². The fourth-order valence-electron chi connectivity index (χ4n) is 1.79. The number of ether oxygens (including phenoxy) is 1. The smallest absolute Gasteiger partial charge is 0.300 e. The first-order chi connectivity index (χ1) is 9.26. The van der Waals surface area contributed by atoms with Crippen molar-refractivity contribution in [3.8, 4) is 5.75 Å². The molecule has 0 saturated carbocycles. The second kappa shape index (κ2) is 4.82. The van der Waals surface area contributed by atoms with Crippen LogP contribution in [0.5, 0.6) is 5.75 Å². The molecule has 2 aromatic carbocycles. The number of para-hydroxylation sites is 2. The van der Waals surface area contributed by atoms with E-state index in [1.807, 2.05) is 30.3 Å². The van der Waals surface area contributed by atoms with Crippen molar-refractivity contribution in [2.75, 3.05) is 12.4 Å². The molecule has 0 atom stereocenters. The van der Waals surface area contributed by atoms with E-state index in [2.05, 4.69) is 10.3 Å². The molecular formula is C14H11ClN2O2. The summed E-state index contributed by atoms with van der Waals surface area (Å²) in [5, 5.41) is 3.64. The molecule has 0 radical (unpaired) electrons. The summed E-state index contributed by atoms with van der Waals surface area (Å²) >= 11 is 5.97. The van der Waals surface area contributed by atoms with Crippen molar-refractivity contribution in [1.29, 1.82) is 0 Å². The standard InChI is InChI=1S/C14H11ClN2O2/c1-18-13-8-9(6-7-10(13)15)16-14-17-11-4-2-3-5-12(11)19-14/h2-8H,1H3,(H,16,17). The normalized spacial score (nSPS) is 10.6. The number of nitrogens with zero attached hydrogens (tertiary/aromatic N) is 1. The van der Waals surface area contributed by atoms with Gasteiger partial charge in [0, 0.05) is 11.8 Å². The van der Waals surface area contributed by atoms with E-state index in [-0.39, 0.29) is 0 Å². The van der Waals surface area contributed by atoms with E-state index < -0.39 is 0 Å². The van der Waals surface area contributed by atoms with Crippen LogP contribution in [0, 0.1) is 0 Å². The highest BCUT2D eigenvalue weighted by Crippen LogP contribution is 2.29. The zero-order valence-electron chi connectivity index (χ0n) is 10.2. The molecule has 3 rings (SSSR count). The van der Waals surface area contributed by atoms with Gasteiger partial charge < -0.3 is 14.5 Å². The highest BCUT2D eigenvalue weighted by atomic mass is 35.5. The molecule has 4 nitrogen and oxygen atoms in total. The van der Waals surface area contributed by atoms with Crippen molar-refractivity contribution in [1.82, 2.24) is 4.98 Å². The number of oxazole rings is 1. The van der Waals surface area contributed by atoms with Crippen LogP contribution in [0.3, 0.4) is 0 Å². The quantitative estimate of drug-likeness (QED) is 0.776. The van der Waals surface area contributed by atoms with Gasteiger partial charge in [0.15, 0.2) is 5.58 Å². The maximum absolute atomic E-state index is 5.97. The highest BCUT2D eigenvalue weighted by Gasteiger charge is 2.07. The zero-order chi connectivity index (χ0) is 13.2. The third-order valence-corrected chi connectivity index (χ3v) is 3.01. The number of anilines is 2. The van der Waals surface area contributed by atoms with E-state index in [4.69, 9.17) is 20.8 Å². The monoisotopic (exact) mass is 274 g/mol. The molecule has 0 aliphatic heterocycles. The minimum Gasteiger partial charge on any atom is -0.495 e. The van der Waals surface area contributed by atoms with E-state index in [1.54, 1.807) is 19.2 Å². The Kier molecular flexibility index (Phi) is 3.01. The van der Waals surface area contributed by atoms with Crippen molar-refractivity contribution in [3.05, 3.63) is 47.5 Å². The van der Waals surface area contributed by atoms with Crippen LogP contribution in [0.2, 0.25) is 5.02 Å². The van der Waals surface area contributed by atoms with Crippen LogP contribution >= 0.6 is 11.6 Å². The number of rotatable bonds is 3. The van der Waals surface area contributed by atoms with E-state index in [9.17, 15) is 0 Å². The fraction of sp³-hybridized carbons (Fsp3) is 0.0714. The van der Waals surface area contributed by atoms with Gasteiger partial charge in [0.05, 0.1) is 12.1 Å². The summed E-state index contributed by atoms with van der Waals surface area (Å²) < 4.78 is 10.7. The SMILES string of the molecule is COc1cc(Nc2nc3ccccc3o2)ccc1Cl. The Bertz CT molecular complexity index is 691. The highest BCUT2D eigenvalue weighted by molar-refractivity contribution is 6.32. The number of benzene rings is 2. The predicted octanol–water partition coefficient (Wildman–Crippen LogP) is 4.23. The maximum atomic E-state index is 5.97. The fourth-order valence-corrected chi connectivity index (χ4v) is 1.98. The zero-order valence-corrected chi connectivity index (χ0v) is 10.9. The van der Waals surface area contributed by atoms with Crippen LogP contribution in [-0.2, 0) is 0 Å². The molecule has 0 unspecified atom stereocenters. The van der Waals surface area contributed by atoms with E-state index in [0.717, 1.165) is 16.8 Å². The van der Waals surface area contributed by atoms with Gasteiger partial charge in [-0.1, -0.05) is 23.7 Å². The number of aromatic nitrogens is 1. The Morgan fingerprint density at radius 1 is 1.21 bits per heavy atom. The summed E-state index contributed by atoms with van der Waals surface area (Å²) in [6.07, 6.45) is 0. The molecule has 1 heterocycles. The first-order valence-electron chi connectivity index (χ1n) is 5.72. The maximum Gasteiger partial charge on any atom is 0.300 e. The van der Waals surface area contributed by atoms with E-state index >= 15 is 0 Å². The topological polar surface area (TPSA) is 47.3 Å². The van der Waals surface area contributed by atoms with Crippen molar-refractivity contribution >= 4 is 34.4 Å². The number of halogens is 1. The van der Waals surface area contributed by atoms with Gasteiger partial charge in [-0.25, -0.2) is 0 Å². The molecule has 0 saturated heterocycles. The molecule has 0 fully saturated rings. The third-order valence-electron chi connectivity index (χ3n) is 2.70.